The van der Waals surface area contributed by atoms with Crippen molar-refractivity contribution in [2.24, 2.45) is 11.5 Å². The maximum atomic E-state index is 10.7. The number of hydrogen-bond donors (Lipinski definition) is 4. The van der Waals surface area contributed by atoms with Crippen LogP contribution in [0.4, 0.5) is 0 Å². The van der Waals surface area contributed by atoms with Gasteiger partial charge in [-0.25, -0.2) is 0 Å². The van der Waals surface area contributed by atoms with E-state index < -0.39 is 24.0 Å². The van der Waals surface area contributed by atoms with Gasteiger partial charge in [-0.05, 0) is 12.2 Å². The first kappa shape index (κ1) is 11.3. The molecular formula is C7H14N2O4S. The first-order valence-corrected chi connectivity index (χ1v) is 5.13. The van der Waals surface area contributed by atoms with Crippen LogP contribution in [0.2, 0.25) is 0 Å². The van der Waals surface area contributed by atoms with E-state index in [9.17, 15) is 9.59 Å². The summed E-state index contributed by atoms with van der Waals surface area (Å²) in [6.07, 6.45) is 0.328. The van der Waals surface area contributed by atoms with E-state index in [-0.39, 0.29) is 5.75 Å². The van der Waals surface area contributed by atoms with Crippen molar-refractivity contribution >= 4 is 23.7 Å². The monoisotopic (exact) mass is 223 g/mol. The van der Waals surface area contributed by atoms with Gasteiger partial charge >= 0.3 is 11.9 Å². The molecular weight excluding hydrogens is 208 g/mol. The zero-order valence-corrected chi connectivity index (χ0v) is 8.33. The Morgan fingerprint density at radius 3 is 2.50 bits per heavy atom. The molecule has 6 nitrogen and oxygen atoms in total. The average Bonchev–Trinajstić information content (AvgIpc) is 2.22. The first-order chi connectivity index (χ1) is 6.99. The molecule has 14 heavy (non-hydrogen) atoms. The minimum absolute atomic E-state index is 0.262. The summed E-state index contributed by atoms with van der Waals surface area (Å²) in [5.41, 5.74) is 10.6. The third-order valence-electron chi connectivity index (χ3n) is 1.49. The minimum Gasteiger partial charge on any atom is -0.480 e. The van der Waals surface area contributed by atoms with Crippen LogP contribution in [0.5, 0.6) is 0 Å². The molecule has 0 aromatic carbocycles. The normalized spacial score (nSPS) is 15.4. The van der Waals surface area contributed by atoms with Gasteiger partial charge in [0.15, 0.2) is 0 Å². The predicted octanol–water partition coefficient (Wildman–Crippen LogP) is -1.07. The van der Waals surface area contributed by atoms with Crippen LogP contribution in [-0.2, 0) is 9.59 Å². The lowest BCUT2D eigenvalue weighted by Crippen LogP contribution is -2.33. The Hall–Kier alpha value is -0.790. The molecule has 6 N–H and O–H groups in total. The van der Waals surface area contributed by atoms with Gasteiger partial charge in [-0.1, -0.05) is 0 Å². The molecule has 0 heterocycles. The summed E-state index contributed by atoms with van der Waals surface area (Å²) in [6, 6.07) is -1.74. The largest absolute Gasteiger partial charge is 0.480 e. The third-order valence-corrected chi connectivity index (χ3v) is 2.61. The summed E-state index contributed by atoms with van der Waals surface area (Å²) in [5.74, 6) is -1.09. The van der Waals surface area contributed by atoms with Crippen molar-refractivity contribution in [1.82, 2.24) is 0 Å². The summed E-state index contributed by atoms with van der Waals surface area (Å²) in [6.45, 7) is 0. The zero-order valence-electron chi connectivity index (χ0n) is 8.51. The van der Waals surface area contributed by atoms with Crippen molar-refractivity contribution < 1.29 is 19.8 Å². The van der Waals surface area contributed by atoms with E-state index in [4.69, 9.17) is 18.0 Å². The van der Waals surface area contributed by atoms with E-state index in [2.05, 4.69) is 5.11 Å². The van der Waals surface area contributed by atoms with Crippen LogP contribution >= 0.6 is 11.8 Å². The predicted molar refractivity (Wildman–Crippen MR) is 53.2 cm³/mol. The molecule has 0 rings (SSSR count). The lowest BCUT2D eigenvalue weighted by atomic mass is 10.2. The van der Waals surface area contributed by atoms with E-state index >= 15 is 0 Å². The second-order valence-corrected chi connectivity index (χ2v) is 3.88. The molecule has 82 valence electrons. The number of thioether (sulfide) groups is 1. The van der Waals surface area contributed by atoms with Gasteiger partial charge in [0.1, 0.15) is 12.1 Å². The number of aliphatic carboxylic acids is 2. The number of carbonyl (C=O) groups is 2. The molecule has 0 aliphatic rings. The molecule has 0 aliphatic heterocycles. The fourth-order valence-electron chi connectivity index (χ4n) is 0.610. The Kier molecular flexibility index (Phi) is 5.35. The number of carboxylic acid groups (broad SMARTS) is 2. The molecule has 0 spiro atoms. The molecule has 0 fully saturated rings. The second-order valence-electron chi connectivity index (χ2n) is 2.73. The van der Waals surface area contributed by atoms with E-state index in [0.29, 0.717) is 12.2 Å². The van der Waals surface area contributed by atoms with Gasteiger partial charge in [0.25, 0.3) is 1.43 Å². The highest BCUT2D eigenvalue weighted by molar-refractivity contribution is 7.99. The molecule has 0 saturated carbocycles. The third kappa shape index (κ3) is 5.79. The van der Waals surface area contributed by atoms with Crippen molar-refractivity contribution in [3.8, 4) is 0 Å². The Morgan fingerprint density at radius 1 is 1.36 bits per heavy atom. The summed E-state index contributed by atoms with van der Waals surface area (Å²) >= 11 is 1.29. The maximum absolute atomic E-state index is 10.7. The van der Waals surface area contributed by atoms with Gasteiger partial charge in [0.05, 0.1) is 0 Å². The van der Waals surface area contributed by atoms with Crippen LogP contribution in [0, 0.1) is 0 Å². The SMILES string of the molecule is [2H]OC(=O)[C@@H](N)CCSC[C@H](N)C(=O)O. The second kappa shape index (κ2) is 6.63. The highest BCUT2D eigenvalue weighted by Gasteiger charge is 2.13. The highest BCUT2D eigenvalue weighted by atomic mass is 32.2. The van der Waals surface area contributed by atoms with E-state index in [0.717, 1.165) is 0 Å². The molecule has 0 aliphatic carbocycles. The first-order valence-electron chi connectivity index (χ1n) is 4.38. The van der Waals surface area contributed by atoms with Crippen molar-refractivity contribution in [3.63, 3.8) is 0 Å². The van der Waals surface area contributed by atoms with Crippen molar-refractivity contribution in [2.75, 3.05) is 11.5 Å². The fourth-order valence-corrected chi connectivity index (χ4v) is 1.59. The molecule has 0 unspecified atom stereocenters. The summed E-state index contributed by atoms with van der Waals surface area (Å²) in [4.78, 5) is 21.0. The van der Waals surface area contributed by atoms with E-state index in [1.165, 1.54) is 11.8 Å². The Bertz CT molecular complexity index is 229. The van der Waals surface area contributed by atoms with E-state index in [1.807, 2.05) is 0 Å². The smallest absolute Gasteiger partial charge is 0.321 e. The Balaban J connectivity index is 3.54. The molecule has 0 bridgehead atoms. The van der Waals surface area contributed by atoms with Gasteiger partial charge in [0, 0.05) is 5.75 Å². The lowest BCUT2D eigenvalue weighted by molar-refractivity contribution is -0.139. The van der Waals surface area contributed by atoms with Gasteiger partial charge in [0.2, 0.25) is 0 Å². The molecule has 0 aromatic rings. The summed E-state index contributed by atoms with van der Waals surface area (Å²) in [5, 5.41) is 12.1. The minimum atomic E-state index is -1.06. The van der Waals surface area contributed by atoms with Gasteiger partial charge in [-0.15, -0.1) is 0 Å². The molecule has 7 heteroatoms. The Labute approximate surface area is 87.1 Å². The van der Waals surface area contributed by atoms with Crippen molar-refractivity contribution in [3.05, 3.63) is 0 Å². The quantitative estimate of drug-likeness (QED) is 0.405. The maximum Gasteiger partial charge on any atom is 0.321 e. The van der Waals surface area contributed by atoms with Gasteiger partial charge < -0.3 is 21.7 Å². The standard InChI is InChI=1S/C7H14N2O4S/c8-4(6(10)11)1-2-14-3-5(9)7(12)13/h4-5H,1-3,8-9H2,(H,10,11)(H,12,13)/t4-,5-/m0/s1/i/hD. The number of carboxylic acids is 2. The number of rotatable bonds is 7. The highest BCUT2D eigenvalue weighted by Crippen LogP contribution is 2.05. The van der Waals surface area contributed by atoms with Crippen LogP contribution < -0.4 is 11.5 Å². The number of hydrogen-bond acceptors (Lipinski definition) is 6. The van der Waals surface area contributed by atoms with Crippen LogP contribution in [0.25, 0.3) is 1.43 Å². The summed E-state index contributed by atoms with van der Waals surface area (Å²) in [7, 11) is 0. The van der Waals surface area contributed by atoms with E-state index in [1.54, 1.807) is 0 Å². The topological polar surface area (TPSA) is 127 Å². The van der Waals surface area contributed by atoms with Crippen molar-refractivity contribution in [2.45, 2.75) is 18.5 Å². The van der Waals surface area contributed by atoms with Crippen LogP contribution in [0.15, 0.2) is 0 Å². The molecule has 0 aromatic heterocycles. The number of nitrogens with two attached hydrogens (primary N) is 2. The van der Waals surface area contributed by atoms with Crippen molar-refractivity contribution in [1.29, 1.82) is 1.43 Å². The Morgan fingerprint density at radius 2 is 2.00 bits per heavy atom. The lowest BCUT2D eigenvalue weighted by Gasteiger charge is -2.07. The zero-order chi connectivity index (χ0) is 11.8. The molecule has 0 amide bonds. The fraction of sp³-hybridized carbons (Fsp3) is 0.714. The molecule has 0 radical (unpaired) electrons. The van der Waals surface area contributed by atoms with Crippen LogP contribution in [-0.4, -0.2) is 45.7 Å². The van der Waals surface area contributed by atoms with Gasteiger partial charge in [-0.2, -0.15) is 11.8 Å². The molecule has 2 atom stereocenters. The average molecular weight is 223 g/mol. The van der Waals surface area contributed by atoms with Crippen LogP contribution in [0.3, 0.4) is 0 Å². The van der Waals surface area contributed by atoms with Crippen LogP contribution in [0.1, 0.15) is 6.42 Å². The molecule has 0 saturated heterocycles. The van der Waals surface area contributed by atoms with Gasteiger partial charge in [-0.3, -0.25) is 9.59 Å². The summed E-state index contributed by atoms with van der Waals surface area (Å²) < 4.78 is 6.31.